The van der Waals surface area contributed by atoms with E-state index in [0.717, 1.165) is 11.8 Å². The van der Waals surface area contributed by atoms with Crippen molar-refractivity contribution >= 4 is 27.6 Å². The Morgan fingerprint density at radius 3 is 2.65 bits per heavy atom. The summed E-state index contributed by atoms with van der Waals surface area (Å²) in [4.78, 5) is 29.5. The van der Waals surface area contributed by atoms with Crippen molar-refractivity contribution in [2.24, 2.45) is 0 Å². The molecule has 1 N–H and O–H groups in total. The highest BCUT2D eigenvalue weighted by molar-refractivity contribution is 6.09. The molecule has 0 radical (unpaired) electrons. The SMILES string of the molecule is CCCOc1cc2cnccc2c2c(=O)c(-c3ccc(OC)cc3)cn(CC(=O)O)c12. The quantitative estimate of drug-likeness (QED) is 0.455. The second-order valence-corrected chi connectivity index (χ2v) is 7.17. The zero-order valence-corrected chi connectivity index (χ0v) is 17.3. The second-order valence-electron chi connectivity index (χ2n) is 7.17. The van der Waals surface area contributed by atoms with Gasteiger partial charge in [0.1, 0.15) is 18.0 Å². The Morgan fingerprint density at radius 2 is 1.97 bits per heavy atom. The Morgan fingerprint density at radius 1 is 1.19 bits per heavy atom. The summed E-state index contributed by atoms with van der Waals surface area (Å²) in [6.45, 7) is 2.12. The van der Waals surface area contributed by atoms with Crippen molar-refractivity contribution in [3.8, 4) is 22.6 Å². The van der Waals surface area contributed by atoms with E-state index in [2.05, 4.69) is 4.98 Å². The van der Waals surface area contributed by atoms with Crippen molar-refractivity contribution in [3.05, 3.63) is 65.2 Å². The zero-order valence-electron chi connectivity index (χ0n) is 17.3. The number of carbonyl (C=O) groups is 1. The summed E-state index contributed by atoms with van der Waals surface area (Å²) < 4.78 is 12.7. The lowest BCUT2D eigenvalue weighted by Gasteiger charge is -2.17. The maximum atomic E-state index is 13.7. The normalized spacial score (nSPS) is 11.0. The zero-order chi connectivity index (χ0) is 22.0. The van der Waals surface area contributed by atoms with Gasteiger partial charge in [0.2, 0.25) is 0 Å². The van der Waals surface area contributed by atoms with Gasteiger partial charge in [0.05, 0.1) is 24.6 Å². The molecule has 2 aromatic carbocycles. The molecular weight excluding hydrogens is 396 g/mol. The Balaban J connectivity index is 2.11. The number of benzene rings is 2. The highest BCUT2D eigenvalue weighted by Gasteiger charge is 2.19. The van der Waals surface area contributed by atoms with Crippen molar-refractivity contribution in [2.75, 3.05) is 13.7 Å². The van der Waals surface area contributed by atoms with Gasteiger partial charge in [0, 0.05) is 29.5 Å². The number of fused-ring (bicyclic) bond motifs is 3. The largest absolute Gasteiger partial charge is 0.497 e. The van der Waals surface area contributed by atoms with E-state index in [9.17, 15) is 14.7 Å². The van der Waals surface area contributed by atoms with Crippen molar-refractivity contribution in [3.63, 3.8) is 0 Å². The fraction of sp³-hybridized carbons (Fsp3) is 0.208. The molecule has 0 unspecified atom stereocenters. The third-order valence-electron chi connectivity index (χ3n) is 5.09. The van der Waals surface area contributed by atoms with Gasteiger partial charge in [-0.15, -0.1) is 0 Å². The van der Waals surface area contributed by atoms with E-state index in [-0.39, 0.29) is 12.0 Å². The molecule has 7 heteroatoms. The number of ether oxygens (including phenoxy) is 2. The molecule has 0 saturated heterocycles. The van der Waals surface area contributed by atoms with Crippen LogP contribution in [0.25, 0.3) is 32.8 Å². The summed E-state index contributed by atoms with van der Waals surface area (Å²) >= 11 is 0. The van der Waals surface area contributed by atoms with Crippen molar-refractivity contribution < 1.29 is 19.4 Å². The van der Waals surface area contributed by atoms with E-state index >= 15 is 0 Å². The molecular formula is C24H22N2O5. The molecule has 0 fully saturated rings. The minimum Gasteiger partial charge on any atom is -0.497 e. The monoisotopic (exact) mass is 418 g/mol. The van der Waals surface area contributed by atoms with Crippen molar-refractivity contribution in [1.82, 2.24) is 9.55 Å². The molecule has 2 aromatic heterocycles. The number of rotatable bonds is 7. The summed E-state index contributed by atoms with van der Waals surface area (Å²) in [5.74, 6) is 0.126. The smallest absolute Gasteiger partial charge is 0.323 e. The molecule has 4 aromatic rings. The predicted octanol–water partition coefficient (Wildman–Crippen LogP) is 4.10. The van der Waals surface area contributed by atoms with Crippen LogP contribution in [-0.4, -0.2) is 34.3 Å². The minimum absolute atomic E-state index is 0.194. The third-order valence-corrected chi connectivity index (χ3v) is 5.09. The van der Waals surface area contributed by atoms with Crippen LogP contribution in [0.5, 0.6) is 11.5 Å². The molecule has 0 aliphatic carbocycles. The molecule has 4 rings (SSSR count). The minimum atomic E-state index is -1.01. The molecule has 2 heterocycles. The van der Waals surface area contributed by atoms with E-state index in [4.69, 9.17) is 9.47 Å². The van der Waals surface area contributed by atoms with Gasteiger partial charge in [-0.1, -0.05) is 19.1 Å². The van der Waals surface area contributed by atoms with Crippen LogP contribution in [0.15, 0.2) is 59.8 Å². The number of aliphatic carboxylic acids is 1. The first-order valence-electron chi connectivity index (χ1n) is 9.96. The van der Waals surface area contributed by atoms with Gasteiger partial charge in [-0.3, -0.25) is 14.6 Å². The van der Waals surface area contributed by atoms with Gasteiger partial charge in [0.15, 0.2) is 5.43 Å². The number of hydrogen-bond donors (Lipinski definition) is 1. The Labute approximate surface area is 178 Å². The summed E-state index contributed by atoms with van der Waals surface area (Å²) in [5.41, 5.74) is 1.35. The van der Waals surface area contributed by atoms with Crippen LogP contribution >= 0.6 is 0 Å². The number of nitrogens with zero attached hydrogens (tertiary/aromatic N) is 2. The number of pyridine rings is 2. The average molecular weight is 418 g/mol. The Bertz CT molecular complexity index is 1330. The van der Waals surface area contributed by atoms with Crippen LogP contribution in [0.3, 0.4) is 0 Å². The van der Waals surface area contributed by atoms with Crippen molar-refractivity contribution in [1.29, 1.82) is 0 Å². The summed E-state index contributed by atoms with van der Waals surface area (Å²) in [6.07, 6.45) is 5.66. The van der Waals surface area contributed by atoms with E-state index in [1.54, 1.807) is 60.6 Å². The molecule has 31 heavy (non-hydrogen) atoms. The first-order valence-corrected chi connectivity index (χ1v) is 9.96. The first kappa shape index (κ1) is 20.4. The van der Waals surface area contributed by atoms with E-state index in [0.29, 0.717) is 45.5 Å². The standard InChI is InChI=1S/C24H22N2O5/c1-3-10-31-20-11-16-12-25-9-8-18(16)22-23(20)26(14-21(27)28)13-19(24(22)29)15-4-6-17(30-2)7-5-15/h4-9,11-13H,3,10,14H2,1-2H3,(H,27,28). The molecule has 0 spiro atoms. The molecule has 0 saturated carbocycles. The molecule has 0 aliphatic heterocycles. The lowest BCUT2D eigenvalue weighted by molar-refractivity contribution is -0.137. The van der Waals surface area contributed by atoms with Crippen LogP contribution in [0.1, 0.15) is 13.3 Å². The van der Waals surface area contributed by atoms with Gasteiger partial charge in [-0.25, -0.2) is 0 Å². The van der Waals surface area contributed by atoms with Crippen molar-refractivity contribution in [2.45, 2.75) is 19.9 Å². The number of hydrogen-bond acceptors (Lipinski definition) is 5. The summed E-state index contributed by atoms with van der Waals surface area (Å²) in [7, 11) is 1.57. The number of carboxylic acids is 1. The number of methoxy groups -OCH3 is 1. The van der Waals surface area contributed by atoms with Gasteiger partial charge in [0.25, 0.3) is 0 Å². The lowest BCUT2D eigenvalue weighted by Crippen LogP contribution is -2.17. The third kappa shape index (κ3) is 3.82. The average Bonchev–Trinajstić information content (AvgIpc) is 2.78. The fourth-order valence-electron chi connectivity index (χ4n) is 3.71. The fourth-order valence-corrected chi connectivity index (χ4v) is 3.71. The molecule has 158 valence electrons. The van der Waals surface area contributed by atoms with Crippen LogP contribution in [0.2, 0.25) is 0 Å². The molecule has 0 amide bonds. The lowest BCUT2D eigenvalue weighted by atomic mass is 10.00. The molecule has 7 nitrogen and oxygen atoms in total. The van der Waals surface area contributed by atoms with Gasteiger partial charge >= 0.3 is 5.97 Å². The predicted molar refractivity (Wildman–Crippen MR) is 119 cm³/mol. The maximum Gasteiger partial charge on any atom is 0.323 e. The van der Waals surface area contributed by atoms with Crippen LogP contribution in [-0.2, 0) is 11.3 Å². The Hall–Kier alpha value is -3.87. The van der Waals surface area contributed by atoms with Crippen LogP contribution in [0, 0.1) is 0 Å². The van der Waals surface area contributed by atoms with E-state index < -0.39 is 5.97 Å². The number of carboxylic acid groups (broad SMARTS) is 1. The first-order chi connectivity index (χ1) is 15.0. The molecule has 0 aliphatic rings. The summed E-state index contributed by atoms with van der Waals surface area (Å²) in [5, 5.41) is 11.4. The highest BCUT2D eigenvalue weighted by atomic mass is 16.5. The van der Waals surface area contributed by atoms with Crippen LogP contribution < -0.4 is 14.9 Å². The number of aromatic nitrogens is 2. The Kier molecular flexibility index (Phi) is 5.58. The second kappa shape index (κ2) is 8.47. The van der Waals surface area contributed by atoms with Gasteiger partial charge in [-0.05, 0) is 41.6 Å². The summed E-state index contributed by atoms with van der Waals surface area (Å²) in [6, 6.07) is 10.7. The van der Waals surface area contributed by atoms with Gasteiger partial charge < -0.3 is 19.1 Å². The highest BCUT2D eigenvalue weighted by Crippen LogP contribution is 2.33. The van der Waals surface area contributed by atoms with Crippen LogP contribution in [0.4, 0.5) is 0 Å². The molecule has 0 atom stereocenters. The molecule has 0 bridgehead atoms. The van der Waals surface area contributed by atoms with E-state index in [1.807, 2.05) is 13.0 Å². The van der Waals surface area contributed by atoms with Gasteiger partial charge in [-0.2, -0.15) is 0 Å². The topological polar surface area (TPSA) is 90.7 Å². The maximum absolute atomic E-state index is 13.7. The van der Waals surface area contributed by atoms with E-state index in [1.165, 1.54) is 0 Å².